The molecule has 0 spiro atoms. The van der Waals surface area contributed by atoms with E-state index in [2.05, 4.69) is 22.3 Å². The number of halogens is 1. The van der Waals surface area contributed by atoms with E-state index >= 15 is 0 Å². The maximum absolute atomic E-state index is 13.0. The number of rotatable bonds is 6. The van der Waals surface area contributed by atoms with Gasteiger partial charge in [-0.1, -0.05) is 23.7 Å². The van der Waals surface area contributed by atoms with Crippen LogP contribution in [-0.4, -0.2) is 37.1 Å². The first-order valence-electron chi connectivity index (χ1n) is 10.3. The van der Waals surface area contributed by atoms with E-state index in [4.69, 9.17) is 26.8 Å². The second kappa shape index (κ2) is 8.74. The van der Waals surface area contributed by atoms with Gasteiger partial charge in [0, 0.05) is 30.6 Å². The summed E-state index contributed by atoms with van der Waals surface area (Å²) >= 11 is 6.14. The van der Waals surface area contributed by atoms with E-state index in [1.54, 1.807) is 26.4 Å². The molecule has 30 heavy (non-hydrogen) atoms. The van der Waals surface area contributed by atoms with Crippen LogP contribution in [0.5, 0.6) is 11.5 Å². The number of nitrogens with zero attached hydrogens (tertiary/aromatic N) is 1. The van der Waals surface area contributed by atoms with Gasteiger partial charge in [0.2, 0.25) is 5.91 Å². The number of hydrogen-bond donors (Lipinski definition) is 2. The SMILES string of the molecule is COc1ccc(CN2C3CCC2CC(C(=O)Nc2cc(Cl)c(N)cc2OC)C3)cc1. The fourth-order valence-electron chi connectivity index (χ4n) is 4.76. The predicted octanol–water partition coefficient (Wildman–Crippen LogP) is 4.32. The van der Waals surface area contributed by atoms with Gasteiger partial charge in [-0.05, 0) is 49.4 Å². The highest BCUT2D eigenvalue weighted by Gasteiger charge is 2.42. The van der Waals surface area contributed by atoms with Crippen molar-refractivity contribution in [1.29, 1.82) is 0 Å². The third kappa shape index (κ3) is 4.20. The molecule has 2 unspecified atom stereocenters. The molecule has 0 saturated carbocycles. The number of benzene rings is 2. The summed E-state index contributed by atoms with van der Waals surface area (Å²) < 4.78 is 10.6. The lowest BCUT2D eigenvalue weighted by Crippen LogP contribution is -2.45. The van der Waals surface area contributed by atoms with Crippen LogP contribution in [0.3, 0.4) is 0 Å². The zero-order valence-corrected chi connectivity index (χ0v) is 18.1. The molecule has 2 aromatic rings. The highest BCUT2D eigenvalue weighted by atomic mass is 35.5. The van der Waals surface area contributed by atoms with E-state index in [0.717, 1.165) is 38.0 Å². The third-order valence-corrected chi connectivity index (χ3v) is 6.68. The lowest BCUT2D eigenvalue weighted by atomic mass is 9.89. The number of carbonyl (C=O) groups is 1. The minimum atomic E-state index is -0.0179. The molecule has 2 aliphatic rings. The van der Waals surface area contributed by atoms with Gasteiger partial charge in [-0.2, -0.15) is 0 Å². The molecule has 7 heteroatoms. The van der Waals surface area contributed by atoms with E-state index < -0.39 is 0 Å². The Bertz CT molecular complexity index is 905. The van der Waals surface area contributed by atoms with Crippen LogP contribution in [0.2, 0.25) is 5.02 Å². The van der Waals surface area contributed by atoms with Crippen LogP contribution in [0.25, 0.3) is 0 Å². The predicted molar refractivity (Wildman–Crippen MR) is 119 cm³/mol. The average Bonchev–Trinajstić information content (AvgIpc) is 2.97. The van der Waals surface area contributed by atoms with Crippen molar-refractivity contribution in [2.75, 3.05) is 25.3 Å². The largest absolute Gasteiger partial charge is 0.497 e. The van der Waals surface area contributed by atoms with Crippen LogP contribution in [0.15, 0.2) is 36.4 Å². The number of hydrogen-bond acceptors (Lipinski definition) is 5. The maximum atomic E-state index is 13.0. The first kappa shape index (κ1) is 20.8. The molecule has 4 rings (SSSR count). The van der Waals surface area contributed by atoms with Gasteiger partial charge in [-0.25, -0.2) is 0 Å². The van der Waals surface area contributed by atoms with Crippen LogP contribution in [-0.2, 0) is 11.3 Å². The highest BCUT2D eigenvalue weighted by molar-refractivity contribution is 6.33. The first-order valence-corrected chi connectivity index (χ1v) is 10.7. The Morgan fingerprint density at radius 2 is 1.80 bits per heavy atom. The quantitative estimate of drug-likeness (QED) is 0.668. The molecule has 3 N–H and O–H groups in total. The van der Waals surface area contributed by atoms with Gasteiger partial charge >= 0.3 is 0 Å². The Kier molecular flexibility index (Phi) is 6.06. The Hall–Kier alpha value is -2.44. The summed E-state index contributed by atoms with van der Waals surface area (Å²) in [7, 11) is 3.23. The molecule has 0 radical (unpaired) electrons. The molecule has 2 aromatic carbocycles. The second-order valence-corrected chi connectivity index (χ2v) is 8.54. The Morgan fingerprint density at radius 1 is 1.13 bits per heavy atom. The van der Waals surface area contributed by atoms with Crippen molar-refractivity contribution in [1.82, 2.24) is 4.90 Å². The topological polar surface area (TPSA) is 76.8 Å². The molecular weight excluding hydrogens is 402 g/mol. The number of piperidine rings is 1. The number of nitrogens with one attached hydrogen (secondary N) is 1. The minimum absolute atomic E-state index is 0.0179. The van der Waals surface area contributed by atoms with Gasteiger partial charge < -0.3 is 20.5 Å². The molecule has 2 atom stereocenters. The molecule has 2 fully saturated rings. The summed E-state index contributed by atoms with van der Waals surface area (Å²) in [5, 5.41) is 3.41. The normalized spacial score (nSPS) is 23.2. The summed E-state index contributed by atoms with van der Waals surface area (Å²) in [5.74, 6) is 1.39. The van der Waals surface area contributed by atoms with Crippen molar-refractivity contribution >= 4 is 28.9 Å². The number of amides is 1. The molecular formula is C23H28ClN3O3. The molecule has 0 aromatic heterocycles. The minimum Gasteiger partial charge on any atom is -0.497 e. The summed E-state index contributed by atoms with van der Waals surface area (Å²) in [6.45, 7) is 0.912. The van der Waals surface area contributed by atoms with Gasteiger partial charge in [0.1, 0.15) is 11.5 Å². The summed E-state index contributed by atoms with van der Waals surface area (Å²) in [6, 6.07) is 12.4. The lowest BCUT2D eigenvalue weighted by Gasteiger charge is -2.38. The van der Waals surface area contributed by atoms with Crippen molar-refractivity contribution in [3.05, 3.63) is 47.0 Å². The van der Waals surface area contributed by atoms with Crippen LogP contribution >= 0.6 is 11.6 Å². The fourth-order valence-corrected chi connectivity index (χ4v) is 4.92. The number of fused-ring (bicyclic) bond motifs is 2. The van der Waals surface area contributed by atoms with E-state index in [1.165, 1.54) is 5.56 Å². The van der Waals surface area contributed by atoms with Crippen molar-refractivity contribution in [3.63, 3.8) is 0 Å². The van der Waals surface area contributed by atoms with Crippen LogP contribution in [0.1, 0.15) is 31.2 Å². The Labute approximate surface area is 182 Å². The number of nitrogen functional groups attached to an aromatic ring is 1. The monoisotopic (exact) mass is 429 g/mol. The van der Waals surface area contributed by atoms with Crippen molar-refractivity contribution < 1.29 is 14.3 Å². The van der Waals surface area contributed by atoms with Gasteiger partial charge in [0.15, 0.2) is 0 Å². The molecule has 1 amide bonds. The molecule has 160 valence electrons. The number of ether oxygens (including phenoxy) is 2. The maximum Gasteiger partial charge on any atom is 0.227 e. The van der Waals surface area contributed by atoms with Crippen molar-refractivity contribution in [3.8, 4) is 11.5 Å². The smallest absolute Gasteiger partial charge is 0.227 e. The molecule has 2 heterocycles. The summed E-state index contributed by atoms with van der Waals surface area (Å²) in [5.41, 5.74) is 8.11. The Morgan fingerprint density at radius 3 is 2.40 bits per heavy atom. The van der Waals surface area contributed by atoms with Crippen LogP contribution in [0, 0.1) is 5.92 Å². The highest BCUT2D eigenvalue weighted by Crippen LogP contribution is 2.41. The van der Waals surface area contributed by atoms with E-state index in [0.29, 0.717) is 34.2 Å². The zero-order chi connectivity index (χ0) is 21.3. The zero-order valence-electron chi connectivity index (χ0n) is 17.4. The number of nitrogens with two attached hydrogens (primary N) is 1. The van der Waals surface area contributed by atoms with Crippen LogP contribution in [0.4, 0.5) is 11.4 Å². The van der Waals surface area contributed by atoms with E-state index in [9.17, 15) is 4.79 Å². The number of anilines is 2. The number of carbonyl (C=O) groups excluding carboxylic acids is 1. The van der Waals surface area contributed by atoms with E-state index in [-0.39, 0.29) is 11.8 Å². The summed E-state index contributed by atoms with van der Waals surface area (Å²) in [4.78, 5) is 15.6. The summed E-state index contributed by atoms with van der Waals surface area (Å²) in [6.07, 6.45) is 4.01. The molecule has 6 nitrogen and oxygen atoms in total. The average molecular weight is 430 g/mol. The standard InChI is InChI=1S/C23H28ClN3O3/c1-29-18-7-3-14(4-8-18)13-27-16-5-6-17(27)10-15(9-16)23(28)26-21-11-19(24)20(25)12-22(21)30-2/h3-4,7-8,11-12,15-17H,5-6,9-10,13,25H2,1-2H3,(H,26,28). The fraction of sp³-hybridized carbons (Fsp3) is 0.435. The van der Waals surface area contributed by atoms with Gasteiger partial charge in [0.25, 0.3) is 0 Å². The molecule has 2 saturated heterocycles. The second-order valence-electron chi connectivity index (χ2n) is 8.14. The molecule has 2 bridgehead atoms. The number of methoxy groups -OCH3 is 2. The van der Waals surface area contributed by atoms with Crippen molar-refractivity contribution in [2.45, 2.75) is 44.3 Å². The van der Waals surface area contributed by atoms with Gasteiger partial charge in [-0.3, -0.25) is 9.69 Å². The lowest BCUT2D eigenvalue weighted by molar-refractivity contribution is -0.122. The molecule has 0 aliphatic carbocycles. The third-order valence-electron chi connectivity index (χ3n) is 6.36. The van der Waals surface area contributed by atoms with Crippen molar-refractivity contribution in [2.24, 2.45) is 5.92 Å². The Balaban J connectivity index is 1.41. The van der Waals surface area contributed by atoms with Crippen LogP contribution < -0.4 is 20.5 Å². The molecule has 2 aliphatic heterocycles. The first-order chi connectivity index (χ1) is 14.5. The van der Waals surface area contributed by atoms with E-state index in [1.807, 2.05) is 12.1 Å². The van der Waals surface area contributed by atoms with Gasteiger partial charge in [0.05, 0.1) is 30.6 Å². The van der Waals surface area contributed by atoms with Gasteiger partial charge in [-0.15, -0.1) is 0 Å².